The molecule has 1 amide bonds. The molecule has 4 nitrogen and oxygen atoms in total. The van der Waals surface area contributed by atoms with Gasteiger partial charge in [-0.25, -0.2) is 0 Å². The van der Waals surface area contributed by atoms with E-state index >= 15 is 0 Å². The normalized spacial score (nSPS) is 11.9. The van der Waals surface area contributed by atoms with Gasteiger partial charge in [-0.1, -0.05) is 29.3 Å². The summed E-state index contributed by atoms with van der Waals surface area (Å²) in [7, 11) is 3.66. The lowest BCUT2D eigenvalue weighted by Crippen LogP contribution is -3.08. The maximum absolute atomic E-state index is 12.3. The molecule has 0 radical (unpaired) electrons. The minimum Gasteiger partial charge on any atom is -0.496 e. The lowest BCUT2D eigenvalue weighted by atomic mass is 10.1. The molecule has 2 aromatic carbocycles. The van der Waals surface area contributed by atoms with E-state index < -0.39 is 0 Å². The molecule has 2 aromatic rings. The Balaban J connectivity index is 1.99. The Kier molecular flexibility index (Phi) is 6.23. The Hall–Kier alpha value is -2.04. The van der Waals surface area contributed by atoms with Crippen molar-refractivity contribution < 1.29 is 14.4 Å². The molecule has 0 aliphatic heterocycles. The summed E-state index contributed by atoms with van der Waals surface area (Å²) in [6, 6.07) is 11.6. The van der Waals surface area contributed by atoms with Gasteiger partial charge in [0.1, 0.15) is 12.3 Å². The summed E-state index contributed by atoms with van der Waals surface area (Å²) in [5.74, 6) is 0.815. The lowest BCUT2D eigenvalue weighted by molar-refractivity contribution is -0.885. The molecule has 0 bridgehead atoms. The third-order valence-electron chi connectivity index (χ3n) is 3.86. The highest BCUT2D eigenvalue weighted by Gasteiger charge is 2.14. The highest BCUT2D eigenvalue weighted by molar-refractivity contribution is 6.31. The highest BCUT2D eigenvalue weighted by atomic mass is 35.5. The fourth-order valence-corrected chi connectivity index (χ4v) is 2.80. The number of benzene rings is 2. The lowest BCUT2D eigenvalue weighted by Gasteiger charge is -2.16. The van der Waals surface area contributed by atoms with E-state index in [0.717, 1.165) is 27.5 Å². The van der Waals surface area contributed by atoms with E-state index in [0.29, 0.717) is 18.1 Å². The Morgan fingerprint density at radius 1 is 1.21 bits per heavy atom. The maximum atomic E-state index is 12.3. The molecule has 5 heteroatoms. The van der Waals surface area contributed by atoms with Crippen LogP contribution in [0.25, 0.3) is 0 Å². The van der Waals surface area contributed by atoms with Crippen molar-refractivity contribution in [3.63, 3.8) is 0 Å². The monoisotopic (exact) mass is 347 g/mol. The maximum Gasteiger partial charge on any atom is 0.279 e. The molecule has 24 heavy (non-hydrogen) atoms. The number of carbonyl (C=O) groups is 1. The van der Waals surface area contributed by atoms with Crippen LogP contribution in [0.3, 0.4) is 0 Å². The smallest absolute Gasteiger partial charge is 0.279 e. The molecule has 128 valence electrons. The predicted octanol–water partition coefficient (Wildman–Crippen LogP) is 2.62. The zero-order valence-electron chi connectivity index (χ0n) is 14.6. The van der Waals surface area contributed by atoms with Crippen molar-refractivity contribution in [1.29, 1.82) is 0 Å². The SMILES string of the molecule is COc1ccc(C)cc1C[NH+](C)CC(=O)Nc1cc(Cl)ccc1C. The van der Waals surface area contributed by atoms with Gasteiger partial charge >= 0.3 is 0 Å². The molecule has 0 aliphatic carbocycles. The second-order valence-corrected chi connectivity index (χ2v) is 6.57. The molecule has 0 aliphatic rings. The molecular formula is C19H24ClN2O2+. The van der Waals surface area contributed by atoms with Crippen molar-refractivity contribution in [3.05, 3.63) is 58.1 Å². The molecule has 0 saturated carbocycles. The molecule has 0 spiro atoms. The summed E-state index contributed by atoms with van der Waals surface area (Å²) in [5, 5.41) is 3.54. The fraction of sp³-hybridized carbons (Fsp3) is 0.316. The summed E-state index contributed by atoms with van der Waals surface area (Å²) in [6.45, 7) is 5.07. The fourth-order valence-electron chi connectivity index (χ4n) is 2.63. The first-order valence-corrected chi connectivity index (χ1v) is 8.27. The van der Waals surface area contributed by atoms with E-state index in [9.17, 15) is 4.79 Å². The summed E-state index contributed by atoms with van der Waals surface area (Å²) in [5.41, 5.74) is 4.03. The number of halogens is 1. The molecule has 2 rings (SSSR count). The summed E-state index contributed by atoms with van der Waals surface area (Å²) >= 11 is 5.99. The number of likely N-dealkylation sites (N-methyl/N-ethyl adjacent to an activating group) is 1. The number of ether oxygens (including phenoxy) is 1. The Morgan fingerprint density at radius 2 is 1.96 bits per heavy atom. The van der Waals surface area contributed by atoms with Gasteiger partial charge in [0.25, 0.3) is 5.91 Å². The summed E-state index contributed by atoms with van der Waals surface area (Å²) < 4.78 is 5.40. The van der Waals surface area contributed by atoms with Crippen molar-refractivity contribution in [2.45, 2.75) is 20.4 Å². The van der Waals surface area contributed by atoms with Crippen LogP contribution in [0.15, 0.2) is 36.4 Å². The van der Waals surface area contributed by atoms with E-state index in [4.69, 9.17) is 16.3 Å². The van der Waals surface area contributed by atoms with Gasteiger partial charge in [-0.2, -0.15) is 0 Å². The van der Waals surface area contributed by atoms with Gasteiger partial charge in [-0.15, -0.1) is 0 Å². The summed E-state index contributed by atoms with van der Waals surface area (Å²) in [6.07, 6.45) is 0. The van der Waals surface area contributed by atoms with Crippen molar-refractivity contribution >= 4 is 23.2 Å². The van der Waals surface area contributed by atoms with E-state index in [-0.39, 0.29) is 5.91 Å². The van der Waals surface area contributed by atoms with Crippen molar-refractivity contribution in [3.8, 4) is 5.75 Å². The largest absolute Gasteiger partial charge is 0.496 e. The number of quaternary nitrogens is 1. The topological polar surface area (TPSA) is 42.8 Å². The van der Waals surface area contributed by atoms with Gasteiger partial charge in [0, 0.05) is 16.3 Å². The van der Waals surface area contributed by atoms with Crippen LogP contribution in [0.2, 0.25) is 5.02 Å². The number of rotatable bonds is 6. The number of methoxy groups -OCH3 is 1. The zero-order chi connectivity index (χ0) is 17.7. The number of hydrogen-bond acceptors (Lipinski definition) is 2. The van der Waals surface area contributed by atoms with E-state index in [1.165, 1.54) is 5.56 Å². The molecule has 0 heterocycles. The van der Waals surface area contributed by atoms with Crippen LogP contribution in [-0.2, 0) is 11.3 Å². The zero-order valence-corrected chi connectivity index (χ0v) is 15.3. The Labute approximate surface area is 148 Å². The first-order chi connectivity index (χ1) is 11.4. The first-order valence-electron chi connectivity index (χ1n) is 7.90. The standard InChI is InChI=1S/C19H23ClN2O2/c1-13-5-8-18(24-4)15(9-13)11-22(3)12-19(23)21-17-10-16(20)7-6-14(17)2/h5-10H,11-12H2,1-4H3,(H,21,23)/p+1. The minimum absolute atomic E-state index is 0.0375. The number of aryl methyl sites for hydroxylation is 2. The number of nitrogens with one attached hydrogen (secondary N) is 2. The van der Waals surface area contributed by atoms with Gasteiger partial charge in [0.2, 0.25) is 0 Å². The van der Waals surface area contributed by atoms with Gasteiger partial charge in [0.05, 0.1) is 14.2 Å². The van der Waals surface area contributed by atoms with Crippen molar-refractivity contribution in [2.75, 3.05) is 26.0 Å². The van der Waals surface area contributed by atoms with E-state index in [2.05, 4.69) is 11.4 Å². The van der Waals surface area contributed by atoms with Crippen LogP contribution in [0, 0.1) is 13.8 Å². The van der Waals surface area contributed by atoms with Crippen LogP contribution in [0.1, 0.15) is 16.7 Å². The highest BCUT2D eigenvalue weighted by Crippen LogP contribution is 2.20. The van der Waals surface area contributed by atoms with Crippen molar-refractivity contribution in [1.82, 2.24) is 0 Å². The Morgan fingerprint density at radius 3 is 2.67 bits per heavy atom. The average molecular weight is 348 g/mol. The van der Waals surface area contributed by atoms with Gasteiger partial charge < -0.3 is 15.0 Å². The number of hydrogen-bond donors (Lipinski definition) is 2. The molecule has 0 aromatic heterocycles. The number of amides is 1. The molecule has 0 saturated heterocycles. The van der Waals surface area contributed by atoms with Crippen LogP contribution in [0.4, 0.5) is 5.69 Å². The third kappa shape index (κ3) is 4.98. The van der Waals surface area contributed by atoms with Gasteiger partial charge in [-0.05, 0) is 43.7 Å². The minimum atomic E-state index is -0.0375. The van der Waals surface area contributed by atoms with Crippen LogP contribution in [-0.4, -0.2) is 26.6 Å². The second-order valence-electron chi connectivity index (χ2n) is 6.13. The Bertz CT molecular complexity index is 731. The predicted molar refractivity (Wildman–Crippen MR) is 98.0 cm³/mol. The molecule has 1 atom stereocenters. The quantitative estimate of drug-likeness (QED) is 0.843. The molecule has 1 unspecified atom stereocenters. The average Bonchev–Trinajstić information content (AvgIpc) is 2.51. The second kappa shape index (κ2) is 8.18. The third-order valence-corrected chi connectivity index (χ3v) is 4.10. The number of anilines is 1. The first kappa shape index (κ1) is 18.3. The van der Waals surface area contributed by atoms with Crippen LogP contribution >= 0.6 is 11.6 Å². The van der Waals surface area contributed by atoms with Crippen molar-refractivity contribution in [2.24, 2.45) is 0 Å². The summed E-state index contributed by atoms with van der Waals surface area (Å²) in [4.78, 5) is 13.4. The van der Waals surface area contributed by atoms with E-state index in [1.54, 1.807) is 13.2 Å². The van der Waals surface area contributed by atoms with Gasteiger partial charge in [-0.3, -0.25) is 4.79 Å². The molecule has 0 fully saturated rings. The van der Waals surface area contributed by atoms with Crippen LogP contribution in [0.5, 0.6) is 5.75 Å². The number of carbonyl (C=O) groups excluding carboxylic acids is 1. The molecule has 2 N–H and O–H groups in total. The van der Waals surface area contributed by atoms with Crippen LogP contribution < -0.4 is 15.0 Å². The van der Waals surface area contributed by atoms with Gasteiger partial charge in [0.15, 0.2) is 6.54 Å². The van der Waals surface area contributed by atoms with E-state index in [1.807, 2.05) is 45.2 Å². The molecular weight excluding hydrogens is 324 g/mol.